The average molecular weight is 296 g/mol. The number of benzene rings is 1. The second-order valence-electron chi connectivity index (χ2n) is 4.36. The Kier molecular flexibility index (Phi) is 4.07. The molecule has 0 saturated carbocycles. The molecule has 19 heavy (non-hydrogen) atoms. The van der Waals surface area contributed by atoms with Gasteiger partial charge in [0.15, 0.2) is 5.75 Å². The smallest absolute Gasteiger partial charge is 0.165 e. The monoisotopic (exact) mass is 295 g/mol. The molecule has 0 amide bonds. The standard InChI is InChI=1S/C13H14ClN3OS/c1-8(2)17-7-10(6-16-17)18-12-4-3-9(14)5-11(12)13(15)19/h3-8H,1-2H3,(H2,15,19). The number of nitrogens with zero attached hydrogens (tertiary/aromatic N) is 2. The summed E-state index contributed by atoms with van der Waals surface area (Å²) in [6.07, 6.45) is 3.47. The van der Waals surface area contributed by atoms with E-state index in [2.05, 4.69) is 5.10 Å². The molecular weight excluding hydrogens is 282 g/mol. The summed E-state index contributed by atoms with van der Waals surface area (Å²) in [6, 6.07) is 5.43. The highest BCUT2D eigenvalue weighted by atomic mass is 35.5. The molecule has 1 aromatic carbocycles. The Bertz CT molecular complexity index is 610. The Morgan fingerprint density at radius 3 is 2.79 bits per heavy atom. The molecule has 0 aliphatic carbocycles. The minimum Gasteiger partial charge on any atom is -0.453 e. The minimum atomic E-state index is 0.244. The number of halogens is 1. The van der Waals surface area contributed by atoms with E-state index in [1.165, 1.54) is 0 Å². The zero-order valence-corrected chi connectivity index (χ0v) is 12.2. The van der Waals surface area contributed by atoms with Crippen molar-refractivity contribution >= 4 is 28.8 Å². The number of ether oxygens (including phenoxy) is 1. The molecule has 1 aromatic heterocycles. The molecule has 4 nitrogen and oxygen atoms in total. The van der Waals surface area contributed by atoms with Crippen LogP contribution in [0, 0.1) is 0 Å². The van der Waals surface area contributed by atoms with Crippen LogP contribution in [0.25, 0.3) is 0 Å². The first-order chi connectivity index (χ1) is 8.97. The van der Waals surface area contributed by atoms with Crippen LogP contribution < -0.4 is 10.5 Å². The van der Waals surface area contributed by atoms with E-state index in [0.29, 0.717) is 22.1 Å². The highest BCUT2D eigenvalue weighted by Gasteiger charge is 2.10. The van der Waals surface area contributed by atoms with Crippen molar-refractivity contribution < 1.29 is 4.74 Å². The fourth-order valence-corrected chi connectivity index (χ4v) is 1.90. The molecule has 0 saturated heterocycles. The lowest BCUT2D eigenvalue weighted by Crippen LogP contribution is -2.10. The van der Waals surface area contributed by atoms with Crippen molar-refractivity contribution in [3.8, 4) is 11.5 Å². The first-order valence-electron chi connectivity index (χ1n) is 5.78. The number of hydrogen-bond donors (Lipinski definition) is 1. The van der Waals surface area contributed by atoms with Crippen molar-refractivity contribution in [3.63, 3.8) is 0 Å². The predicted octanol–water partition coefficient (Wildman–Crippen LogP) is 3.54. The van der Waals surface area contributed by atoms with Gasteiger partial charge in [-0.3, -0.25) is 4.68 Å². The van der Waals surface area contributed by atoms with Gasteiger partial charge in [0.2, 0.25) is 0 Å². The first kappa shape index (κ1) is 13.8. The van der Waals surface area contributed by atoms with E-state index in [9.17, 15) is 0 Å². The number of hydrogen-bond acceptors (Lipinski definition) is 3. The summed E-state index contributed by atoms with van der Waals surface area (Å²) in [6.45, 7) is 4.08. The molecule has 0 bridgehead atoms. The summed E-state index contributed by atoms with van der Waals surface area (Å²) in [5, 5.41) is 4.77. The molecule has 0 fully saturated rings. The van der Waals surface area contributed by atoms with Crippen LogP contribution in [0.3, 0.4) is 0 Å². The maximum atomic E-state index is 5.92. The Hall–Kier alpha value is -1.59. The Labute approximate surface area is 122 Å². The third kappa shape index (κ3) is 3.24. The average Bonchev–Trinajstić information content (AvgIpc) is 2.80. The van der Waals surface area contributed by atoms with Crippen molar-refractivity contribution in [1.82, 2.24) is 9.78 Å². The van der Waals surface area contributed by atoms with Crippen molar-refractivity contribution in [2.24, 2.45) is 5.73 Å². The van der Waals surface area contributed by atoms with E-state index < -0.39 is 0 Å². The zero-order chi connectivity index (χ0) is 14.0. The van der Waals surface area contributed by atoms with Gasteiger partial charge in [-0.25, -0.2) is 0 Å². The van der Waals surface area contributed by atoms with E-state index in [-0.39, 0.29) is 11.0 Å². The van der Waals surface area contributed by atoms with Gasteiger partial charge in [-0.2, -0.15) is 5.10 Å². The number of thiocarbonyl (C=S) groups is 1. The summed E-state index contributed by atoms with van der Waals surface area (Å²) < 4.78 is 7.56. The van der Waals surface area contributed by atoms with Gasteiger partial charge < -0.3 is 10.5 Å². The number of aromatic nitrogens is 2. The van der Waals surface area contributed by atoms with Gasteiger partial charge in [-0.15, -0.1) is 0 Å². The van der Waals surface area contributed by atoms with Crippen LogP contribution in [0.15, 0.2) is 30.6 Å². The van der Waals surface area contributed by atoms with E-state index in [1.807, 2.05) is 24.7 Å². The largest absolute Gasteiger partial charge is 0.453 e. The predicted molar refractivity (Wildman–Crippen MR) is 80.0 cm³/mol. The van der Waals surface area contributed by atoms with Gasteiger partial charge in [0.25, 0.3) is 0 Å². The first-order valence-corrected chi connectivity index (χ1v) is 6.57. The summed E-state index contributed by atoms with van der Waals surface area (Å²) in [5.74, 6) is 1.20. The summed E-state index contributed by atoms with van der Waals surface area (Å²) in [7, 11) is 0. The molecule has 0 radical (unpaired) electrons. The van der Waals surface area contributed by atoms with Crippen molar-refractivity contribution in [2.75, 3.05) is 0 Å². The Balaban J connectivity index is 2.29. The second-order valence-corrected chi connectivity index (χ2v) is 5.23. The van der Waals surface area contributed by atoms with Crippen LogP contribution in [-0.4, -0.2) is 14.8 Å². The van der Waals surface area contributed by atoms with Gasteiger partial charge in [-0.1, -0.05) is 23.8 Å². The van der Waals surface area contributed by atoms with Crippen molar-refractivity contribution in [1.29, 1.82) is 0 Å². The lowest BCUT2D eigenvalue weighted by atomic mass is 10.2. The highest BCUT2D eigenvalue weighted by Crippen LogP contribution is 2.28. The van der Waals surface area contributed by atoms with Crippen LogP contribution in [0.1, 0.15) is 25.5 Å². The number of rotatable bonds is 4. The van der Waals surface area contributed by atoms with Gasteiger partial charge in [-0.05, 0) is 32.0 Å². The molecule has 0 aliphatic rings. The molecule has 0 aliphatic heterocycles. The van der Waals surface area contributed by atoms with E-state index in [1.54, 1.807) is 24.4 Å². The topological polar surface area (TPSA) is 53.1 Å². The zero-order valence-electron chi connectivity index (χ0n) is 10.6. The van der Waals surface area contributed by atoms with E-state index >= 15 is 0 Å². The third-order valence-corrected chi connectivity index (χ3v) is 3.00. The SMILES string of the molecule is CC(C)n1cc(Oc2ccc(Cl)cc2C(N)=S)cn1. The maximum absolute atomic E-state index is 5.92. The van der Waals surface area contributed by atoms with Crippen LogP contribution in [0.5, 0.6) is 11.5 Å². The fraction of sp³-hybridized carbons (Fsp3) is 0.231. The summed E-state index contributed by atoms with van der Waals surface area (Å²) >= 11 is 10.9. The van der Waals surface area contributed by atoms with E-state index in [4.69, 9.17) is 34.3 Å². The van der Waals surface area contributed by atoms with Crippen molar-refractivity contribution in [3.05, 3.63) is 41.2 Å². The molecule has 2 N–H and O–H groups in total. The molecule has 2 rings (SSSR count). The Morgan fingerprint density at radius 2 is 2.21 bits per heavy atom. The van der Waals surface area contributed by atoms with Gasteiger partial charge in [0.1, 0.15) is 10.7 Å². The lowest BCUT2D eigenvalue weighted by Gasteiger charge is -2.09. The molecule has 2 aromatic rings. The molecule has 6 heteroatoms. The molecular formula is C13H14ClN3OS. The summed E-state index contributed by atoms with van der Waals surface area (Å²) in [4.78, 5) is 0.244. The van der Waals surface area contributed by atoms with Crippen LogP contribution >= 0.6 is 23.8 Å². The normalized spacial score (nSPS) is 10.7. The van der Waals surface area contributed by atoms with Crippen LogP contribution in [0.2, 0.25) is 5.02 Å². The molecule has 100 valence electrons. The molecule has 0 spiro atoms. The van der Waals surface area contributed by atoms with Crippen LogP contribution in [-0.2, 0) is 0 Å². The molecule has 1 heterocycles. The maximum Gasteiger partial charge on any atom is 0.165 e. The highest BCUT2D eigenvalue weighted by molar-refractivity contribution is 7.80. The van der Waals surface area contributed by atoms with Gasteiger partial charge in [0, 0.05) is 11.1 Å². The fourth-order valence-electron chi connectivity index (χ4n) is 1.57. The van der Waals surface area contributed by atoms with Crippen molar-refractivity contribution in [2.45, 2.75) is 19.9 Å². The van der Waals surface area contributed by atoms with Gasteiger partial charge >= 0.3 is 0 Å². The quantitative estimate of drug-likeness (QED) is 0.877. The van der Waals surface area contributed by atoms with Gasteiger partial charge in [0.05, 0.1) is 18.0 Å². The summed E-state index contributed by atoms with van der Waals surface area (Å²) in [5.41, 5.74) is 6.27. The van der Waals surface area contributed by atoms with E-state index in [0.717, 1.165) is 0 Å². The second kappa shape index (κ2) is 5.59. The molecule has 0 unspecified atom stereocenters. The minimum absolute atomic E-state index is 0.244. The molecule has 0 atom stereocenters. The Morgan fingerprint density at radius 1 is 1.47 bits per heavy atom. The lowest BCUT2D eigenvalue weighted by molar-refractivity contribution is 0.476. The van der Waals surface area contributed by atoms with Crippen LogP contribution in [0.4, 0.5) is 0 Å². The number of nitrogens with two attached hydrogens (primary N) is 1. The third-order valence-electron chi connectivity index (χ3n) is 2.54.